The highest BCUT2D eigenvalue weighted by Gasteiger charge is 2.29. The van der Waals surface area contributed by atoms with E-state index in [1.54, 1.807) is 11.1 Å². The first kappa shape index (κ1) is 19.3. The molecule has 0 radical (unpaired) electrons. The van der Waals surface area contributed by atoms with Crippen LogP contribution in [0.1, 0.15) is 54.6 Å². The molecule has 0 aliphatic carbocycles. The van der Waals surface area contributed by atoms with Gasteiger partial charge in [0.25, 0.3) is 11.9 Å². The molecule has 1 aromatic rings. The average Bonchev–Trinajstić information content (AvgIpc) is 3.10. The number of hydrogen-bond donors (Lipinski definition) is 3. The molecular formula is C18H27N3O4. The molecule has 3 rings (SSSR count). The van der Waals surface area contributed by atoms with Crippen LogP contribution >= 0.6 is 0 Å². The maximum Gasteiger partial charge on any atom is 0.300 e. The van der Waals surface area contributed by atoms with Crippen molar-refractivity contribution in [3.8, 4) is 0 Å². The second-order valence-corrected chi connectivity index (χ2v) is 6.49. The number of carbonyl (C=O) groups excluding carboxylic acids is 1. The fraction of sp³-hybridized carbons (Fsp3) is 0.611. The van der Waals surface area contributed by atoms with Crippen molar-refractivity contribution in [1.29, 1.82) is 0 Å². The summed E-state index contributed by atoms with van der Waals surface area (Å²) < 4.78 is 0. The number of aromatic nitrogens is 1. The minimum atomic E-state index is -0.833. The van der Waals surface area contributed by atoms with Gasteiger partial charge in [0.1, 0.15) is 5.69 Å². The van der Waals surface area contributed by atoms with Crippen LogP contribution in [0, 0.1) is 0 Å². The van der Waals surface area contributed by atoms with E-state index in [-0.39, 0.29) is 18.6 Å². The molecule has 0 bridgehead atoms. The molecule has 1 amide bonds. The highest BCUT2D eigenvalue weighted by Crippen LogP contribution is 2.26. The van der Waals surface area contributed by atoms with Crippen molar-refractivity contribution in [3.05, 3.63) is 29.6 Å². The van der Waals surface area contributed by atoms with Crippen LogP contribution < -0.4 is 5.32 Å². The van der Waals surface area contributed by atoms with Gasteiger partial charge < -0.3 is 20.4 Å². The summed E-state index contributed by atoms with van der Waals surface area (Å²) in [4.78, 5) is 27.6. The Bertz CT molecular complexity index is 583. The van der Waals surface area contributed by atoms with E-state index < -0.39 is 5.97 Å². The van der Waals surface area contributed by atoms with E-state index in [1.807, 2.05) is 12.1 Å². The van der Waals surface area contributed by atoms with Gasteiger partial charge in [-0.25, -0.2) is 0 Å². The summed E-state index contributed by atoms with van der Waals surface area (Å²) >= 11 is 0. The van der Waals surface area contributed by atoms with Crippen LogP contribution in [0.4, 0.5) is 0 Å². The predicted octanol–water partition coefficient (Wildman–Crippen LogP) is 1.24. The van der Waals surface area contributed by atoms with Gasteiger partial charge >= 0.3 is 0 Å². The second-order valence-electron chi connectivity index (χ2n) is 6.49. The monoisotopic (exact) mass is 349 g/mol. The lowest BCUT2D eigenvalue weighted by Crippen LogP contribution is -2.38. The van der Waals surface area contributed by atoms with Gasteiger partial charge in [-0.15, -0.1) is 0 Å². The van der Waals surface area contributed by atoms with E-state index in [0.29, 0.717) is 11.6 Å². The van der Waals surface area contributed by atoms with Crippen LogP contribution in [0.15, 0.2) is 18.3 Å². The Morgan fingerprint density at radius 2 is 2.00 bits per heavy atom. The van der Waals surface area contributed by atoms with Crippen molar-refractivity contribution in [2.75, 3.05) is 26.2 Å². The fourth-order valence-electron chi connectivity index (χ4n) is 3.41. The Hall–Kier alpha value is -1.99. The molecule has 1 atom stereocenters. The molecule has 2 aliphatic heterocycles. The zero-order chi connectivity index (χ0) is 18.2. The summed E-state index contributed by atoms with van der Waals surface area (Å²) in [5, 5.41) is 20.1. The van der Waals surface area contributed by atoms with Gasteiger partial charge in [-0.2, -0.15) is 0 Å². The van der Waals surface area contributed by atoms with Gasteiger partial charge in [0.15, 0.2) is 0 Å². The van der Waals surface area contributed by atoms with Crippen LogP contribution in [-0.2, 0) is 4.79 Å². The van der Waals surface area contributed by atoms with Crippen molar-refractivity contribution in [3.63, 3.8) is 0 Å². The largest absolute Gasteiger partial charge is 0.481 e. The van der Waals surface area contributed by atoms with Crippen molar-refractivity contribution >= 4 is 11.9 Å². The quantitative estimate of drug-likeness (QED) is 0.759. The molecule has 3 N–H and O–H groups in total. The lowest BCUT2D eigenvalue weighted by molar-refractivity contribution is -0.134. The number of amides is 1. The molecule has 2 fully saturated rings. The number of carboxylic acid groups (broad SMARTS) is 1. The number of pyridine rings is 1. The third kappa shape index (κ3) is 5.51. The van der Waals surface area contributed by atoms with E-state index in [4.69, 9.17) is 9.90 Å². The van der Waals surface area contributed by atoms with Crippen molar-refractivity contribution < 1.29 is 19.8 Å². The Balaban J connectivity index is 0.000000511. The molecular weight excluding hydrogens is 322 g/mol. The summed E-state index contributed by atoms with van der Waals surface area (Å²) in [5.41, 5.74) is 1.74. The zero-order valence-electron chi connectivity index (χ0n) is 14.6. The number of hydrogen-bond acceptors (Lipinski definition) is 5. The predicted molar refractivity (Wildman–Crippen MR) is 93.5 cm³/mol. The first-order chi connectivity index (χ1) is 12.0. The van der Waals surface area contributed by atoms with Gasteiger partial charge in [-0.1, -0.05) is 0 Å². The van der Waals surface area contributed by atoms with Gasteiger partial charge in [0, 0.05) is 19.7 Å². The molecule has 7 heteroatoms. The number of carbonyl (C=O) groups is 2. The highest BCUT2D eigenvalue weighted by molar-refractivity contribution is 5.92. The maximum absolute atomic E-state index is 12.6. The lowest BCUT2D eigenvalue weighted by Gasteiger charge is -2.25. The third-order valence-electron chi connectivity index (χ3n) is 4.66. The topological polar surface area (TPSA) is 103 Å². The van der Waals surface area contributed by atoms with Crippen LogP contribution in [0.25, 0.3) is 0 Å². The number of carboxylic acids is 1. The Kier molecular flexibility index (Phi) is 7.33. The molecule has 2 aliphatic rings. The van der Waals surface area contributed by atoms with Crippen molar-refractivity contribution in [2.45, 2.75) is 44.6 Å². The van der Waals surface area contributed by atoms with Crippen molar-refractivity contribution in [1.82, 2.24) is 15.2 Å². The van der Waals surface area contributed by atoms with Crippen LogP contribution in [0.2, 0.25) is 0 Å². The normalized spacial score (nSPS) is 20.7. The number of aliphatic hydroxyl groups is 1. The van der Waals surface area contributed by atoms with Crippen LogP contribution in [-0.4, -0.2) is 64.3 Å². The molecule has 0 aromatic carbocycles. The maximum atomic E-state index is 12.6. The molecule has 2 saturated heterocycles. The van der Waals surface area contributed by atoms with Gasteiger partial charge in [-0.05, 0) is 62.4 Å². The Morgan fingerprint density at radius 1 is 1.32 bits per heavy atom. The van der Waals surface area contributed by atoms with Gasteiger partial charge in [-0.3, -0.25) is 14.6 Å². The van der Waals surface area contributed by atoms with Gasteiger partial charge in [0.2, 0.25) is 0 Å². The molecule has 0 saturated carbocycles. The summed E-state index contributed by atoms with van der Waals surface area (Å²) in [6.45, 7) is 3.92. The number of nitrogens with one attached hydrogen (secondary N) is 1. The molecule has 3 heterocycles. The highest BCUT2D eigenvalue weighted by atomic mass is 16.4. The average molecular weight is 349 g/mol. The minimum absolute atomic E-state index is 0.0395. The first-order valence-corrected chi connectivity index (χ1v) is 8.81. The lowest BCUT2D eigenvalue weighted by atomic mass is 9.90. The smallest absolute Gasteiger partial charge is 0.300 e. The van der Waals surface area contributed by atoms with E-state index in [9.17, 15) is 9.90 Å². The fourth-order valence-corrected chi connectivity index (χ4v) is 3.41. The second kappa shape index (κ2) is 9.48. The number of likely N-dealkylation sites (tertiary alicyclic amines) is 1. The molecule has 1 aromatic heterocycles. The Labute approximate surface area is 148 Å². The summed E-state index contributed by atoms with van der Waals surface area (Å²) in [6, 6.07) is 3.94. The number of piperidine rings is 1. The van der Waals surface area contributed by atoms with Crippen molar-refractivity contribution in [2.24, 2.45) is 0 Å². The van der Waals surface area contributed by atoms with Crippen LogP contribution in [0.5, 0.6) is 0 Å². The number of rotatable bonds is 3. The third-order valence-corrected chi connectivity index (χ3v) is 4.66. The first-order valence-electron chi connectivity index (χ1n) is 8.81. The number of nitrogens with zero attached hydrogens (tertiary/aromatic N) is 2. The number of aliphatic carboxylic acids is 1. The zero-order valence-corrected chi connectivity index (χ0v) is 14.6. The SMILES string of the molecule is CC(=O)O.O=C(c1cc(C2CCNCC2)ccn1)N1CCC[C@H]1CO. The summed E-state index contributed by atoms with van der Waals surface area (Å²) in [6.07, 6.45) is 5.82. The minimum Gasteiger partial charge on any atom is -0.481 e. The summed E-state index contributed by atoms with van der Waals surface area (Å²) in [7, 11) is 0. The summed E-state index contributed by atoms with van der Waals surface area (Å²) in [5.74, 6) is -0.352. The molecule has 138 valence electrons. The molecule has 7 nitrogen and oxygen atoms in total. The van der Waals surface area contributed by atoms with E-state index >= 15 is 0 Å². The standard InChI is InChI=1S/C16H23N3O2.C2H4O2/c20-11-14-2-1-9-19(14)16(21)15-10-13(5-8-18-15)12-3-6-17-7-4-12;1-2(3)4/h5,8,10,12,14,17,20H,1-4,6-7,9,11H2;1H3,(H,3,4)/t14-;/m0./s1. The molecule has 0 spiro atoms. The Morgan fingerprint density at radius 3 is 2.64 bits per heavy atom. The molecule has 25 heavy (non-hydrogen) atoms. The van der Waals surface area contributed by atoms with E-state index in [1.165, 1.54) is 5.56 Å². The molecule has 0 unspecified atom stereocenters. The van der Waals surface area contributed by atoms with Gasteiger partial charge in [0.05, 0.1) is 12.6 Å². The van der Waals surface area contributed by atoms with Crippen LogP contribution in [0.3, 0.4) is 0 Å². The number of aliphatic hydroxyl groups excluding tert-OH is 1. The van der Waals surface area contributed by atoms with E-state index in [0.717, 1.165) is 52.2 Å². The van der Waals surface area contributed by atoms with E-state index in [2.05, 4.69) is 10.3 Å².